The van der Waals surface area contributed by atoms with E-state index in [0.29, 0.717) is 17.7 Å². The fraction of sp³-hybridized carbons (Fsp3) is 0.400. The average Bonchev–Trinajstić information content (AvgIpc) is 2.65. The second-order valence-corrected chi connectivity index (χ2v) is 6.14. The molecular weight excluding hydrogens is 336 g/mol. The van der Waals surface area contributed by atoms with E-state index in [-0.39, 0.29) is 24.7 Å². The highest BCUT2D eigenvalue weighted by Gasteiger charge is 2.24. The van der Waals surface area contributed by atoms with Gasteiger partial charge in [-0.1, -0.05) is 18.2 Å². The van der Waals surface area contributed by atoms with Gasteiger partial charge in [-0.05, 0) is 54.7 Å². The topological polar surface area (TPSA) is 99.4 Å². The van der Waals surface area contributed by atoms with E-state index < -0.39 is 12.2 Å². The van der Waals surface area contributed by atoms with Crippen molar-refractivity contribution in [2.45, 2.75) is 32.0 Å². The molecule has 6 nitrogen and oxygen atoms in total. The molecule has 0 aliphatic rings. The van der Waals surface area contributed by atoms with Crippen LogP contribution in [0.15, 0.2) is 36.4 Å². The molecule has 2 aromatic rings. The van der Waals surface area contributed by atoms with Gasteiger partial charge in [0.15, 0.2) is 17.6 Å². The predicted molar refractivity (Wildman–Crippen MR) is 97.7 cm³/mol. The van der Waals surface area contributed by atoms with Crippen LogP contribution < -0.4 is 9.47 Å². The fourth-order valence-corrected chi connectivity index (χ4v) is 2.74. The molecule has 4 N–H and O–H groups in total. The number of aryl methyl sites for hydroxylation is 2. The third kappa shape index (κ3) is 4.88. The average molecular weight is 362 g/mol. The van der Waals surface area contributed by atoms with Crippen molar-refractivity contribution in [3.05, 3.63) is 53.1 Å². The molecule has 0 amide bonds. The minimum Gasteiger partial charge on any atom is -0.504 e. The summed E-state index contributed by atoms with van der Waals surface area (Å²) in [6, 6.07) is 10.2. The summed E-state index contributed by atoms with van der Waals surface area (Å²) in [6.07, 6.45) is -0.494. The summed E-state index contributed by atoms with van der Waals surface area (Å²) in [6.45, 7) is 1.66. The Labute approximate surface area is 153 Å². The third-order valence-corrected chi connectivity index (χ3v) is 4.22. The highest BCUT2D eigenvalue weighted by Crippen LogP contribution is 2.31. The monoisotopic (exact) mass is 362 g/mol. The van der Waals surface area contributed by atoms with E-state index in [2.05, 4.69) is 0 Å². The molecule has 0 heterocycles. The second kappa shape index (κ2) is 9.43. The van der Waals surface area contributed by atoms with Crippen molar-refractivity contribution in [1.82, 2.24) is 0 Å². The van der Waals surface area contributed by atoms with Crippen LogP contribution in [0.4, 0.5) is 0 Å². The van der Waals surface area contributed by atoms with E-state index in [1.165, 1.54) is 19.2 Å². The zero-order chi connectivity index (χ0) is 19.1. The minimum atomic E-state index is -1.09. The smallest absolute Gasteiger partial charge is 0.160 e. The van der Waals surface area contributed by atoms with Gasteiger partial charge in [0.05, 0.1) is 13.7 Å². The lowest BCUT2D eigenvalue weighted by Crippen LogP contribution is -2.29. The van der Waals surface area contributed by atoms with Gasteiger partial charge in [-0.15, -0.1) is 0 Å². The Kier molecular flexibility index (Phi) is 7.26. The van der Waals surface area contributed by atoms with Crippen LogP contribution in [0.1, 0.15) is 29.2 Å². The molecular formula is C20H26O6. The number of phenolic OH excluding ortho intramolecular Hbond substituents is 1. The van der Waals surface area contributed by atoms with Crippen LogP contribution in [0.3, 0.4) is 0 Å². The number of aromatic hydroxyl groups is 1. The number of benzene rings is 2. The SMILES string of the molecule is COc1cc([C@@H](O)[C@@H](CO)Oc2ccc(CCCO)cc2C)ccc1O. The number of hydrogen-bond acceptors (Lipinski definition) is 6. The lowest BCUT2D eigenvalue weighted by Gasteiger charge is -2.24. The van der Waals surface area contributed by atoms with Crippen LogP contribution in [0.25, 0.3) is 0 Å². The van der Waals surface area contributed by atoms with Gasteiger partial charge in [-0.25, -0.2) is 0 Å². The second-order valence-electron chi connectivity index (χ2n) is 6.14. The molecule has 26 heavy (non-hydrogen) atoms. The van der Waals surface area contributed by atoms with Crippen molar-refractivity contribution < 1.29 is 29.9 Å². The number of rotatable bonds is 9. The molecule has 6 heteroatoms. The molecule has 2 atom stereocenters. The zero-order valence-electron chi connectivity index (χ0n) is 15.1. The van der Waals surface area contributed by atoms with Gasteiger partial charge in [0.1, 0.15) is 11.9 Å². The Morgan fingerprint density at radius 2 is 1.81 bits per heavy atom. The molecule has 0 aliphatic carbocycles. The van der Waals surface area contributed by atoms with Gasteiger partial charge in [0, 0.05) is 6.61 Å². The molecule has 0 aromatic heterocycles. The number of aliphatic hydroxyl groups is 3. The summed E-state index contributed by atoms with van der Waals surface area (Å²) >= 11 is 0. The molecule has 0 radical (unpaired) electrons. The first-order chi connectivity index (χ1) is 12.5. The van der Waals surface area contributed by atoms with Crippen LogP contribution >= 0.6 is 0 Å². The maximum Gasteiger partial charge on any atom is 0.160 e. The van der Waals surface area contributed by atoms with E-state index in [1.54, 1.807) is 12.1 Å². The van der Waals surface area contributed by atoms with Crippen LogP contribution in [0.5, 0.6) is 17.2 Å². The first-order valence-electron chi connectivity index (χ1n) is 8.53. The molecule has 0 aliphatic heterocycles. The Balaban J connectivity index is 2.15. The van der Waals surface area contributed by atoms with Crippen molar-refractivity contribution in [2.24, 2.45) is 0 Å². The summed E-state index contributed by atoms with van der Waals surface area (Å²) in [4.78, 5) is 0. The molecule has 0 unspecified atom stereocenters. The largest absolute Gasteiger partial charge is 0.504 e. The fourth-order valence-electron chi connectivity index (χ4n) is 2.74. The highest BCUT2D eigenvalue weighted by atomic mass is 16.5. The van der Waals surface area contributed by atoms with Crippen LogP contribution in [0.2, 0.25) is 0 Å². The van der Waals surface area contributed by atoms with E-state index in [0.717, 1.165) is 17.5 Å². The summed E-state index contributed by atoms with van der Waals surface area (Å²) in [5.74, 6) is 0.781. The summed E-state index contributed by atoms with van der Waals surface area (Å²) in [5, 5.41) is 38.8. The maximum atomic E-state index is 10.6. The summed E-state index contributed by atoms with van der Waals surface area (Å²) in [7, 11) is 1.42. The first kappa shape index (κ1) is 20.0. The number of ether oxygens (including phenoxy) is 2. The number of phenols is 1. The molecule has 2 aromatic carbocycles. The third-order valence-electron chi connectivity index (χ3n) is 4.22. The van der Waals surface area contributed by atoms with Crippen molar-refractivity contribution in [2.75, 3.05) is 20.3 Å². The molecule has 0 fully saturated rings. The van der Waals surface area contributed by atoms with Gasteiger partial charge in [-0.3, -0.25) is 0 Å². The Morgan fingerprint density at radius 3 is 2.42 bits per heavy atom. The Bertz CT molecular complexity index is 715. The van der Waals surface area contributed by atoms with Gasteiger partial charge in [-0.2, -0.15) is 0 Å². The first-order valence-corrected chi connectivity index (χ1v) is 8.53. The van der Waals surface area contributed by atoms with Gasteiger partial charge >= 0.3 is 0 Å². The number of hydrogen-bond donors (Lipinski definition) is 4. The highest BCUT2D eigenvalue weighted by molar-refractivity contribution is 5.43. The molecule has 2 rings (SSSR count). The van der Waals surface area contributed by atoms with Crippen molar-refractivity contribution >= 4 is 0 Å². The van der Waals surface area contributed by atoms with E-state index in [4.69, 9.17) is 14.6 Å². The molecule has 0 saturated carbocycles. The Hall–Kier alpha value is -2.28. The summed E-state index contributed by atoms with van der Waals surface area (Å²) < 4.78 is 10.9. The van der Waals surface area contributed by atoms with Crippen molar-refractivity contribution in [3.63, 3.8) is 0 Å². The normalized spacial score (nSPS) is 13.3. The molecule has 0 saturated heterocycles. The van der Waals surface area contributed by atoms with E-state index in [9.17, 15) is 15.3 Å². The van der Waals surface area contributed by atoms with Gasteiger partial charge < -0.3 is 29.9 Å². The van der Waals surface area contributed by atoms with Crippen molar-refractivity contribution in [3.8, 4) is 17.2 Å². The van der Waals surface area contributed by atoms with Crippen molar-refractivity contribution in [1.29, 1.82) is 0 Å². The Morgan fingerprint density at radius 1 is 1.04 bits per heavy atom. The molecule has 142 valence electrons. The lowest BCUT2D eigenvalue weighted by atomic mass is 10.0. The standard InChI is InChI=1S/C20H26O6/c1-13-10-14(4-3-9-21)5-8-17(13)26-19(12-22)20(24)15-6-7-16(23)18(11-15)25-2/h5-8,10-11,19-24H,3-4,9,12H2,1-2H3/t19-,20-/m1/s1. The quantitative estimate of drug-likeness (QED) is 0.545. The maximum absolute atomic E-state index is 10.6. The predicted octanol–water partition coefficient (Wildman–Crippen LogP) is 2.11. The summed E-state index contributed by atoms with van der Waals surface area (Å²) in [5.41, 5.74) is 2.44. The van der Waals surface area contributed by atoms with E-state index >= 15 is 0 Å². The van der Waals surface area contributed by atoms with Gasteiger partial charge in [0.2, 0.25) is 0 Å². The van der Waals surface area contributed by atoms with Crippen LogP contribution in [0, 0.1) is 6.92 Å². The lowest BCUT2D eigenvalue weighted by molar-refractivity contribution is 0.000325. The molecule has 0 spiro atoms. The van der Waals surface area contributed by atoms with Gasteiger partial charge in [0.25, 0.3) is 0 Å². The number of methoxy groups -OCH3 is 1. The van der Waals surface area contributed by atoms with Crippen LogP contribution in [-0.2, 0) is 6.42 Å². The minimum absolute atomic E-state index is 0.0285. The molecule has 0 bridgehead atoms. The zero-order valence-corrected chi connectivity index (χ0v) is 15.1. The number of aliphatic hydroxyl groups excluding tert-OH is 3. The van der Waals surface area contributed by atoms with E-state index in [1.807, 2.05) is 19.1 Å². The van der Waals surface area contributed by atoms with Crippen LogP contribution in [-0.4, -0.2) is 46.9 Å².